The monoisotopic (exact) mass is 453 g/mol. The van der Waals surface area contributed by atoms with Crippen LogP contribution in [0.1, 0.15) is 25.3 Å². The second-order valence-electron chi connectivity index (χ2n) is 7.70. The summed E-state index contributed by atoms with van der Waals surface area (Å²) in [5.41, 5.74) is 0.318. The lowest BCUT2D eigenvalue weighted by molar-refractivity contribution is -0.117. The standard InChI is InChI=1S/C23H21F2N5O3/c1-23(24,25)15-10-17(13-26-12-15)29-22(32)28-16-4-6-18(7-5-16)33-19-8-9-27-20(11-19)30-21(31)14-2-3-14/h4-14H,2-3H2,1H3,(H,27,30,31)(H2,28,29,32). The summed E-state index contributed by atoms with van der Waals surface area (Å²) in [6.07, 6.45) is 5.67. The number of aromatic nitrogens is 2. The molecule has 10 heteroatoms. The van der Waals surface area contributed by atoms with E-state index < -0.39 is 12.0 Å². The highest BCUT2D eigenvalue weighted by atomic mass is 19.3. The Hall–Kier alpha value is -4.08. The number of carbonyl (C=O) groups is 2. The normalized spacial score (nSPS) is 13.2. The quantitative estimate of drug-likeness (QED) is 0.446. The number of alkyl halides is 2. The SMILES string of the molecule is CC(F)(F)c1cncc(NC(=O)Nc2ccc(Oc3ccnc(NC(=O)C4CC4)c3)cc2)c1. The average molecular weight is 453 g/mol. The Morgan fingerprint density at radius 2 is 1.70 bits per heavy atom. The minimum atomic E-state index is -3.06. The van der Waals surface area contributed by atoms with Crippen molar-refractivity contribution >= 4 is 29.1 Å². The van der Waals surface area contributed by atoms with E-state index in [0.717, 1.165) is 26.0 Å². The molecule has 4 rings (SSSR count). The van der Waals surface area contributed by atoms with Gasteiger partial charge in [-0.1, -0.05) is 0 Å². The first-order valence-electron chi connectivity index (χ1n) is 10.2. The van der Waals surface area contributed by atoms with Gasteiger partial charge in [-0.2, -0.15) is 0 Å². The van der Waals surface area contributed by atoms with E-state index in [9.17, 15) is 18.4 Å². The number of pyridine rings is 2. The van der Waals surface area contributed by atoms with E-state index in [2.05, 4.69) is 25.9 Å². The first-order valence-corrected chi connectivity index (χ1v) is 10.2. The van der Waals surface area contributed by atoms with Crippen molar-refractivity contribution in [2.24, 2.45) is 5.92 Å². The van der Waals surface area contributed by atoms with E-state index in [-0.39, 0.29) is 23.1 Å². The molecule has 3 amide bonds. The summed E-state index contributed by atoms with van der Waals surface area (Å²) in [6, 6.07) is 10.4. The van der Waals surface area contributed by atoms with Crippen LogP contribution in [0, 0.1) is 5.92 Å². The number of ether oxygens (including phenoxy) is 1. The number of amides is 3. The van der Waals surface area contributed by atoms with Gasteiger partial charge >= 0.3 is 6.03 Å². The van der Waals surface area contributed by atoms with Gasteiger partial charge in [0.1, 0.15) is 17.3 Å². The molecule has 1 aromatic carbocycles. The molecule has 0 radical (unpaired) electrons. The maximum Gasteiger partial charge on any atom is 0.323 e. The van der Waals surface area contributed by atoms with Gasteiger partial charge in [0.25, 0.3) is 5.92 Å². The van der Waals surface area contributed by atoms with Gasteiger partial charge in [0.2, 0.25) is 5.91 Å². The number of benzene rings is 1. The van der Waals surface area contributed by atoms with Gasteiger partial charge in [0.15, 0.2) is 0 Å². The van der Waals surface area contributed by atoms with Gasteiger partial charge in [0, 0.05) is 42.6 Å². The van der Waals surface area contributed by atoms with Crippen molar-refractivity contribution in [3.8, 4) is 11.5 Å². The van der Waals surface area contributed by atoms with Gasteiger partial charge < -0.3 is 20.7 Å². The molecular formula is C23H21F2N5O3. The molecule has 8 nitrogen and oxygen atoms in total. The van der Waals surface area contributed by atoms with Crippen molar-refractivity contribution in [2.45, 2.75) is 25.7 Å². The van der Waals surface area contributed by atoms with Crippen molar-refractivity contribution in [3.63, 3.8) is 0 Å². The molecule has 2 heterocycles. The Balaban J connectivity index is 1.33. The fourth-order valence-corrected chi connectivity index (χ4v) is 2.90. The van der Waals surface area contributed by atoms with E-state index in [4.69, 9.17) is 4.74 Å². The Morgan fingerprint density at radius 1 is 0.970 bits per heavy atom. The molecule has 0 spiro atoms. The molecular weight excluding hydrogens is 432 g/mol. The number of nitrogens with one attached hydrogen (secondary N) is 3. The van der Waals surface area contributed by atoms with Gasteiger partial charge in [-0.15, -0.1) is 0 Å². The number of halogens is 2. The van der Waals surface area contributed by atoms with Crippen LogP contribution in [0.15, 0.2) is 61.1 Å². The van der Waals surface area contributed by atoms with Crippen LogP contribution in [-0.2, 0) is 10.7 Å². The molecule has 1 aliphatic rings. The highest BCUT2D eigenvalue weighted by Gasteiger charge is 2.29. The molecule has 0 bridgehead atoms. The molecule has 0 aliphatic heterocycles. The predicted octanol–water partition coefficient (Wildman–Crippen LogP) is 5.37. The molecule has 170 valence electrons. The predicted molar refractivity (Wildman–Crippen MR) is 119 cm³/mol. The summed E-state index contributed by atoms with van der Waals surface area (Å²) in [4.78, 5) is 31.9. The van der Waals surface area contributed by atoms with Crippen molar-refractivity contribution in [1.82, 2.24) is 9.97 Å². The third kappa shape index (κ3) is 6.22. The van der Waals surface area contributed by atoms with Crippen molar-refractivity contribution in [1.29, 1.82) is 0 Å². The van der Waals surface area contributed by atoms with Crippen LogP contribution in [0.5, 0.6) is 11.5 Å². The van der Waals surface area contributed by atoms with Crippen molar-refractivity contribution in [3.05, 3.63) is 66.6 Å². The van der Waals surface area contributed by atoms with Crippen molar-refractivity contribution in [2.75, 3.05) is 16.0 Å². The number of urea groups is 1. The Labute approximate surface area is 188 Å². The number of hydrogen-bond donors (Lipinski definition) is 3. The van der Waals surface area contributed by atoms with E-state index >= 15 is 0 Å². The lowest BCUT2D eigenvalue weighted by Crippen LogP contribution is -2.20. The molecule has 1 fully saturated rings. The van der Waals surface area contributed by atoms with Crippen LogP contribution in [0.4, 0.5) is 30.8 Å². The zero-order chi connectivity index (χ0) is 23.4. The number of anilines is 3. The van der Waals surface area contributed by atoms with Gasteiger partial charge in [0.05, 0.1) is 11.9 Å². The van der Waals surface area contributed by atoms with Crippen molar-refractivity contribution < 1.29 is 23.1 Å². The third-order valence-electron chi connectivity index (χ3n) is 4.78. The average Bonchev–Trinajstić information content (AvgIpc) is 3.61. The third-order valence-corrected chi connectivity index (χ3v) is 4.78. The van der Waals surface area contributed by atoms with Crippen LogP contribution in [0.3, 0.4) is 0 Å². The lowest BCUT2D eigenvalue weighted by atomic mass is 10.1. The summed E-state index contributed by atoms with van der Waals surface area (Å²) in [7, 11) is 0. The molecule has 2 aromatic heterocycles. The van der Waals surface area contributed by atoms with Crippen LogP contribution in [0.25, 0.3) is 0 Å². The zero-order valence-electron chi connectivity index (χ0n) is 17.6. The maximum absolute atomic E-state index is 13.4. The summed E-state index contributed by atoms with van der Waals surface area (Å²) < 4.78 is 32.6. The van der Waals surface area contributed by atoms with Crippen LogP contribution in [0.2, 0.25) is 0 Å². The molecule has 0 atom stereocenters. The Kier molecular flexibility index (Phi) is 6.16. The maximum atomic E-state index is 13.4. The molecule has 3 aromatic rings. The summed E-state index contributed by atoms with van der Waals surface area (Å²) >= 11 is 0. The Morgan fingerprint density at radius 3 is 2.39 bits per heavy atom. The summed E-state index contributed by atoms with van der Waals surface area (Å²) in [5.74, 6) is -1.61. The van der Waals surface area contributed by atoms with Gasteiger partial charge in [-0.3, -0.25) is 9.78 Å². The molecule has 1 aliphatic carbocycles. The summed E-state index contributed by atoms with van der Waals surface area (Å²) in [6.45, 7) is 0.758. The second kappa shape index (κ2) is 9.19. The molecule has 1 saturated carbocycles. The topological polar surface area (TPSA) is 105 Å². The highest BCUT2D eigenvalue weighted by molar-refractivity contribution is 5.99. The first kappa shape index (κ1) is 22.1. The van der Waals surface area contributed by atoms with Crippen LogP contribution < -0.4 is 20.7 Å². The van der Waals surface area contributed by atoms with E-state index in [1.54, 1.807) is 36.4 Å². The van der Waals surface area contributed by atoms with Crippen LogP contribution >= 0.6 is 0 Å². The highest BCUT2D eigenvalue weighted by Crippen LogP contribution is 2.31. The molecule has 0 unspecified atom stereocenters. The smallest absolute Gasteiger partial charge is 0.323 e. The minimum absolute atomic E-state index is 0.0423. The molecule has 0 saturated heterocycles. The van der Waals surface area contributed by atoms with Gasteiger partial charge in [-0.05, 0) is 49.2 Å². The minimum Gasteiger partial charge on any atom is -0.457 e. The fraction of sp³-hybridized carbons (Fsp3) is 0.217. The molecule has 3 N–H and O–H groups in total. The molecule has 33 heavy (non-hydrogen) atoms. The summed E-state index contributed by atoms with van der Waals surface area (Å²) in [5, 5.41) is 7.84. The van der Waals surface area contributed by atoms with Gasteiger partial charge in [-0.25, -0.2) is 18.6 Å². The number of carbonyl (C=O) groups excluding carboxylic acids is 2. The zero-order valence-corrected chi connectivity index (χ0v) is 17.6. The largest absolute Gasteiger partial charge is 0.457 e. The second-order valence-corrected chi connectivity index (χ2v) is 7.70. The Bertz CT molecular complexity index is 1160. The number of hydrogen-bond acceptors (Lipinski definition) is 5. The first-order chi connectivity index (χ1) is 15.8. The lowest BCUT2D eigenvalue weighted by Gasteiger charge is -2.12. The number of nitrogens with zero attached hydrogens (tertiary/aromatic N) is 2. The van der Waals surface area contributed by atoms with Crippen LogP contribution in [-0.4, -0.2) is 21.9 Å². The van der Waals surface area contributed by atoms with E-state index in [1.807, 2.05) is 0 Å². The number of rotatable bonds is 7. The van der Waals surface area contributed by atoms with E-state index in [0.29, 0.717) is 23.0 Å². The van der Waals surface area contributed by atoms with E-state index in [1.165, 1.54) is 18.5 Å². The fourth-order valence-electron chi connectivity index (χ4n) is 2.90.